The summed E-state index contributed by atoms with van der Waals surface area (Å²) in [5.74, 6) is 0.829. The first-order valence-electron chi connectivity index (χ1n) is 8.91. The molecule has 5 nitrogen and oxygen atoms in total. The van der Waals surface area contributed by atoms with Gasteiger partial charge in [0.15, 0.2) is 5.96 Å². The SMILES string of the molecule is CN=C(NCCc1ccc(C(C)(C)C)cc1)NCCn1cc(C)cn1.I. The van der Waals surface area contributed by atoms with Crippen LogP contribution in [0.15, 0.2) is 41.7 Å². The minimum absolute atomic E-state index is 0. The number of aryl methyl sites for hydroxylation is 1. The summed E-state index contributed by atoms with van der Waals surface area (Å²) >= 11 is 0. The van der Waals surface area contributed by atoms with Gasteiger partial charge >= 0.3 is 0 Å². The number of nitrogens with one attached hydrogen (secondary N) is 2. The lowest BCUT2D eigenvalue weighted by Crippen LogP contribution is -2.39. The first-order chi connectivity index (χ1) is 11.9. The van der Waals surface area contributed by atoms with Crippen molar-refractivity contribution >= 4 is 29.9 Å². The molecule has 144 valence electrons. The van der Waals surface area contributed by atoms with Gasteiger partial charge in [-0.25, -0.2) is 0 Å². The van der Waals surface area contributed by atoms with Gasteiger partial charge in [0.1, 0.15) is 0 Å². The highest BCUT2D eigenvalue weighted by molar-refractivity contribution is 14.0. The molecule has 0 fully saturated rings. The Bertz CT molecular complexity index is 683. The fourth-order valence-electron chi connectivity index (χ4n) is 2.60. The van der Waals surface area contributed by atoms with E-state index in [4.69, 9.17) is 0 Å². The fourth-order valence-corrected chi connectivity index (χ4v) is 2.60. The normalized spacial score (nSPS) is 11.8. The van der Waals surface area contributed by atoms with Crippen molar-refractivity contribution in [1.82, 2.24) is 20.4 Å². The Morgan fingerprint density at radius 2 is 1.77 bits per heavy atom. The van der Waals surface area contributed by atoms with Crippen molar-refractivity contribution in [1.29, 1.82) is 0 Å². The maximum atomic E-state index is 4.28. The van der Waals surface area contributed by atoms with E-state index in [0.29, 0.717) is 0 Å². The van der Waals surface area contributed by atoms with Crippen molar-refractivity contribution in [2.75, 3.05) is 20.1 Å². The van der Waals surface area contributed by atoms with E-state index in [2.05, 4.69) is 65.8 Å². The van der Waals surface area contributed by atoms with Crippen LogP contribution in [-0.4, -0.2) is 35.9 Å². The molecule has 6 heteroatoms. The summed E-state index contributed by atoms with van der Waals surface area (Å²) in [5.41, 5.74) is 4.09. The van der Waals surface area contributed by atoms with E-state index in [1.54, 1.807) is 7.05 Å². The molecule has 1 aromatic heterocycles. The van der Waals surface area contributed by atoms with Crippen LogP contribution in [0.4, 0.5) is 0 Å². The maximum Gasteiger partial charge on any atom is 0.191 e. The molecule has 0 amide bonds. The van der Waals surface area contributed by atoms with Gasteiger partial charge in [0, 0.05) is 26.3 Å². The molecule has 2 N–H and O–H groups in total. The molecular weight excluding hydrogens is 437 g/mol. The summed E-state index contributed by atoms with van der Waals surface area (Å²) in [6, 6.07) is 8.90. The minimum atomic E-state index is 0. The number of nitrogens with zero attached hydrogens (tertiary/aromatic N) is 3. The van der Waals surface area contributed by atoms with Crippen molar-refractivity contribution in [2.24, 2.45) is 4.99 Å². The number of rotatable bonds is 6. The number of aliphatic imine (C=N–C) groups is 1. The lowest BCUT2D eigenvalue weighted by atomic mass is 9.86. The summed E-state index contributed by atoms with van der Waals surface area (Å²) in [6.07, 6.45) is 4.89. The van der Waals surface area contributed by atoms with E-state index in [9.17, 15) is 0 Å². The quantitative estimate of drug-likeness (QED) is 0.387. The third-order valence-electron chi connectivity index (χ3n) is 4.15. The summed E-state index contributed by atoms with van der Waals surface area (Å²) < 4.78 is 1.94. The molecule has 0 aliphatic carbocycles. The summed E-state index contributed by atoms with van der Waals surface area (Å²) in [5, 5.41) is 11.0. The Morgan fingerprint density at radius 3 is 2.31 bits per heavy atom. The highest BCUT2D eigenvalue weighted by atomic mass is 127. The predicted molar refractivity (Wildman–Crippen MR) is 121 cm³/mol. The van der Waals surface area contributed by atoms with Crippen LogP contribution < -0.4 is 10.6 Å². The van der Waals surface area contributed by atoms with Gasteiger partial charge in [0.05, 0.1) is 12.7 Å². The van der Waals surface area contributed by atoms with Gasteiger partial charge in [-0.3, -0.25) is 9.67 Å². The molecule has 0 bridgehead atoms. The summed E-state index contributed by atoms with van der Waals surface area (Å²) in [4.78, 5) is 4.27. The van der Waals surface area contributed by atoms with E-state index in [1.165, 1.54) is 16.7 Å². The summed E-state index contributed by atoms with van der Waals surface area (Å²) in [7, 11) is 1.80. The number of halogens is 1. The smallest absolute Gasteiger partial charge is 0.191 e. The molecular formula is C20H32IN5. The molecule has 2 aromatic rings. The zero-order chi connectivity index (χ0) is 18.3. The molecule has 0 atom stereocenters. The Balaban J connectivity index is 0.00000338. The van der Waals surface area contributed by atoms with Gasteiger partial charge in [-0.2, -0.15) is 5.10 Å². The number of benzene rings is 1. The molecule has 2 rings (SSSR count). The first kappa shape index (κ1) is 22.5. The minimum Gasteiger partial charge on any atom is -0.356 e. The van der Waals surface area contributed by atoms with Crippen LogP contribution in [0.25, 0.3) is 0 Å². The zero-order valence-electron chi connectivity index (χ0n) is 16.5. The van der Waals surface area contributed by atoms with Crippen molar-refractivity contribution < 1.29 is 0 Å². The summed E-state index contributed by atoms with van der Waals surface area (Å²) in [6.45, 7) is 11.2. The first-order valence-corrected chi connectivity index (χ1v) is 8.91. The van der Waals surface area contributed by atoms with Gasteiger partial charge < -0.3 is 10.6 Å². The average Bonchev–Trinajstić information content (AvgIpc) is 2.98. The molecule has 0 saturated carbocycles. The Labute approximate surface area is 174 Å². The van der Waals surface area contributed by atoms with E-state index in [-0.39, 0.29) is 29.4 Å². The van der Waals surface area contributed by atoms with Crippen molar-refractivity contribution in [2.45, 2.75) is 46.1 Å². The third kappa shape index (κ3) is 7.35. The standard InChI is InChI=1S/C20H31N5.HI/c1-16-14-24-25(15-16)13-12-23-19(21-5)22-11-10-17-6-8-18(9-7-17)20(2,3)4;/h6-9,14-15H,10-13H2,1-5H3,(H2,21,22,23);1H. The monoisotopic (exact) mass is 469 g/mol. The average molecular weight is 469 g/mol. The molecule has 26 heavy (non-hydrogen) atoms. The van der Waals surface area contributed by atoms with E-state index < -0.39 is 0 Å². The second-order valence-corrected chi connectivity index (χ2v) is 7.40. The van der Waals surface area contributed by atoms with Gasteiger partial charge in [-0.1, -0.05) is 45.0 Å². The Kier molecular flexibility index (Phi) is 9.12. The van der Waals surface area contributed by atoms with Crippen LogP contribution in [0.5, 0.6) is 0 Å². The second kappa shape index (κ2) is 10.5. The molecule has 1 heterocycles. The van der Waals surface area contributed by atoms with Crippen LogP contribution in [0.2, 0.25) is 0 Å². The van der Waals surface area contributed by atoms with Gasteiger partial charge in [0.2, 0.25) is 0 Å². The Morgan fingerprint density at radius 1 is 1.12 bits per heavy atom. The largest absolute Gasteiger partial charge is 0.356 e. The van der Waals surface area contributed by atoms with Gasteiger partial charge in [0.25, 0.3) is 0 Å². The van der Waals surface area contributed by atoms with Crippen molar-refractivity contribution in [3.05, 3.63) is 53.3 Å². The molecule has 0 saturated heterocycles. The van der Waals surface area contributed by atoms with E-state index >= 15 is 0 Å². The van der Waals surface area contributed by atoms with E-state index in [1.807, 2.05) is 24.0 Å². The van der Waals surface area contributed by atoms with Crippen molar-refractivity contribution in [3.63, 3.8) is 0 Å². The number of hydrogen-bond acceptors (Lipinski definition) is 2. The van der Waals surface area contributed by atoms with Crippen molar-refractivity contribution in [3.8, 4) is 0 Å². The lowest BCUT2D eigenvalue weighted by molar-refractivity contribution is 0.590. The maximum absolute atomic E-state index is 4.28. The molecule has 1 aromatic carbocycles. The number of guanidine groups is 1. The highest BCUT2D eigenvalue weighted by Crippen LogP contribution is 2.22. The molecule has 0 spiro atoms. The third-order valence-corrected chi connectivity index (χ3v) is 4.15. The lowest BCUT2D eigenvalue weighted by Gasteiger charge is -2.19. The number of hydrogen-bond donors (Lipinski definition) is 2. The zero-order valence-corrected chi connectivity index (χ0v) is 18.9. The van der Waals surface area contributed by atoms with Gasteiger partial charge in [-0.05, 0) is 35.4 Å². The van der Waals surface area contributed by atoms with Crippen LogP contribution in [-0.2, 0) is 18.4 Å². The topological polar surface area (TPSA) is 54.2 Å². The van der Waals surface area contributed by atoms with Crippen LogP contribution in [0, 0.1) is 6.92 Å². The number of aromatic nitrogens is 2. The van der Waals surface area contributed by atoms with Crippen LogP contribution in [0.1, 0.15) is 37.5 Å². The van der Waals surface area contributed by atoms with E-state index in [0.717, 1.165) is 32.0 Å². The van der Waals surface area contributed by atoms with Gasteiger partial charge in [-0.15, -0.1) is 24.0 Å². The predicted octanol–water partition coefficient (Wildman–Crippen LogP) is 3.51. The fraction of sp³-hybridized carbons (Fsp3) is 0.500. The molecule has 0 aliphatic rings. The van der Waals surface area contributed by atoms with Crippen LogP contribution >= 0.6 is 24.0 Å². The molecule has 0 unspecified atom stereocenters. The molecule has 0 aliphatic heterocycles. The van der Waals surface area contributed by atoms with Crippen LogP contribution in [0.3, 0.4) is 0 Å². The Hall–Kier alpha value is -1.57. The molecule has 0 radical (unpaired) electrons. The highest BCUT2D eigenvalue weighted by Gasteiger charge is 2.12. The second-order valence-electron chi connectivity index (χ2n) is 7.40.